The fourth-order valence-corrected chi connectivity index (χ4v) is 0.971. The van der Waals surface area contributed by atoms with E-state index in [9.17, 15) is 18.0 Å². The van der Waals surface area contributed by atoms with Gasteiger partial charge in [0.1, 0.15) is 0 Å². The maximum Gasteiger partial charge on any atom is 0.454 e. The first-order chi connectivity index (χ1) is 6.62. The number of hydrogen-bond donors (Lipinski definition) is 0. The number of carbonyl (C=O) groups is 1. The molecular weight excluding hydrogens is 209 g/mol. The molecular formula is C9H11F3N2O. The zero-order valence-electron chi connectivity index (χ0n) is 8.59. The molecule has 0 aliphatic heterocycles. The first kappa shape index (κ1) is 11.7. The number of halogens is 3. The van der Waals surface area contributed by atoms with E-state index in [1.54, 1.807) is 20.8 Å². The van der Waals surface area contributed by atoms with Crippen LogP contribution >= 0.6 is 0 Å². The highest BCUT2D eigenvalue weighted by molar-refractivity contribution is 5.99. The second kappa shape index (κ2) is 3.36. The Morgan fingerprint density at radius 1 is 1.33 bits per heavy atom. The summed E-state index contributed by atoms with van der Waals surface area (Å²) in [6.45, 7) is 5.34. The van der Waals surface area contributed by atoms with Crippen molar-refractivity contribution in [3.05, 3.63) is 18.0 Å². The van der Waals surface area contributed by atoms with Crippen LogP contribution in [0, 0.1) is 0 Å². The van der Waals surface area contributed by atoms with Crippen molar-refractivity contribution in [1.29, 1.82) is 0 Å². The minimum atomic E-state index is -4.84. The summed E-state index contributed by atoms with van der Waals surface area (Å²) in [6, 6.07) is 0. The van der Waals surface area contributed by atoms with E-state index in [0.717, 1.165) is 12.4 Å². The van der Waals surface area contributed by atoms with Crippen LogP contribution in [-0.2, 0) is 5.54 Å². The second-order valence-corrected chi connectivity index (χ2v) is 4.17. The molecule has 0 radical (unpaired) electrons. The summed E-state index contributed by atoms with van der Waals surface area (Å²) in [6.07, 6.45) is -2.80. The highest BCUT2D eigenvalue weighted by Crippen LogP contribution is 2.22. The van der Waals surface area contributed by atoms with Crippen LogP contribution in [0.5, 0.6) is 0 Å². The van der Waals surface area contributed by atoms with Crippen LogP contribution in [0.1, 0.15) is 31.1 Å². The molecule has 15 heavy (non-hydrogen) atoms. The molecule has 0 saturated heterocycles. The zero-order chi connectivity index (χ0) is 11.9. The molecule has 1 aromatic heterocycles. The average Bonchev–Trinajstić information content (AvgIpc) is 2.47. The summed E-state index contributed by atoms with van der Waals surface area (Å²) >= 11 is 0. The van der Waals surface area contributed by atoms with Gasteiger partial charge in [0.15, 0.2) is 0 Å². The molecule has 0 spiro atoms. The minimum Gasteiger partial charge on any atom is -0.284 e. The molecule has 0 aliphatic rings. The third kappa shape index (κ3) is 2.57. The molecule has 1 heterocycles. The fourth-order valence-electron chi connectivity index (χ4n) is 0.971. The minimum absolute atomic E-state index is 0.433. The molecule has 3 nitrogen and oxygen atoms in total. The standard InChI is InChI=1S/C9H11F3N2O/c1-8(2,3)14-5-6(4-13-14)7(15)9(10,11)12/h4-5H,1-3H3. The van der Waals surface area contributed by atoms with E-state index >= 15 is 0 Å². The molecule has 1 rings (SSSR count). The Labute approximate surface area is 84.9 Å². The number of ketones is 1. The molecule has 0 N–H and O–H groups in total. The maximum atomic E-state index is 12.1. The van der Waals surface area contributed by atoms with Gasteiger partial charge in [-0.15, -0.1) is 0 Å². The summed E-state index contributed by atoms with van der Waals surface area (Å²) < 4.78 is 37.5. The third-order valence-electron chi connectivity index (χ3n) is 1.79. The molecule has 0 aliphatic carbocycles. The number of nitrogens with zero attached hydrogens (tertiary/aromatic N) is 2. The lowest BCUT2D eigenvalue weighted by Gasteiger charge is -2.18. The van der Waals surface area contributed by atoms with Gasteiger partial charge < -0.3 is 0 Å². The van der Waals surface area contributed by atoms with Crippen molar-refractivity contribution in [2.75, 3.05) is 0 Å². The largest absolute Gasteiger partial charge is 0.454 e. The molecule has 6 heteroatoms. The molecule has 0 saturated carbocycles. The predicted octanol–water partition coefficient (Wildman–Crippen LogP) is 2.38. The second-order valence-electron chi connectivity index (χ2n) is 4.17. The van der Waals surface area contributed by atoms with E-state index in [4.69, 9.17) is 0 Å². The number of carbonyl (C=O) groups excluding carboxylic acids is 1. The van der Waals surface area contributed by atoms with E-state index in [1.807, 2.05) is 0 Å². The van der Waals surface area contributed by atoms with Crippen LogP contribution in [-0.4, -0.2) is 21.7 Å². The first-order valence-electron chi connectivity index (χ1n) is 4.29. The van der Waals surface area contributed by atoms with E-state index < -0.39 is 23.1 Å². The Bertz CT molecular complexity index is 373. The molecule has 0 aromatic carbocycles. The molecule has 0 amide bonds. The Morgan fingerprint density at radius 2 is 1.87 bits per heavy atom. The molecule has 0 fully saturated rings. The SMILES string of the molecule is CC(C)(C)n1cc(C(=O)C(F)(F)F)cn1. The number of rotatable bonds is 1. The van der Waals surface area contributed by atoms with E-state index in [-0.39, 0.29) is 0 Å². The fraction of sp³-hybridized carbons (Fsp3) is 0.556. The van der Waals surface area contributed by atoms with E-state index in [2.05, 4.69) is 5.10 Å². The summed E-state index contributed by atoms with van der Waals surface area (Å²) in [4.78, 5) is 10.8. The lowest BCUT2D eigenvalue weighted by molar-refractivity contribution is -0.0885. The summed E-state index contributed by atoms with van der Waals surface area (Å²) in [5, 5.41) is 3.72. The number of hydrogen-bond acceptors (Lipinski definition) is 2. The van der Waals surface area contributed by atoms with Crippen LogP contribution in [0.2, 0.25) is 0 Å². The number of alkyl halides is 3. The van der Waals surface area contributed by atoms with Crippen molar-refractivity contribution in [3.63, 3.8) is 0 Å². The third-order valence-corrected chi connectivity index (χ3v) is 1.79. The quantitative estimate of drug-likeness (QED) is 0.681. The van der Waals surface area contributed by atoms with Crippen LogP contribution in [0.25, 0.3) is 0 Å². The summed E-state index contributed by atoms with van der Waals surface area (Å²) in [5.41, 5.74) is -0.873. The van der Waals surface area contributed by atoms with Gasteiger partial charge in [-0.05, 0) is 20.8 Å². The first-order valence-corrected chi connectivity index (χ1v) is 4.29. The lowest BCUT2D eigenvalue weighted by atomic mass is 10.1. The Balaban J connectivity index is 3.01. The maximum absolute atomic E-state index is 12.1. The van der Waals surface area contributed by atoms with Crippen LogP contribution < -0.4 is 0 Å². The predicted molar refractivity (Wildman–Crippen MR) is 47.6 cm³/mol. The van der Waals surface area contributed by atoms with Crippen molar-refractivity contribution in [1.82, 2.24) is 9.78 Å². The van der Waals surface area contributed by atoms with Gasteiger partial charge in [-0.1, -0.05) is 0 Å². The normalized spacial score (nSPS) is 12.9. The van der Waals surface area contributed by atoms with Crippen LogP contribution in [0.3, 0.4) is 0 Å². The lowest BCUT2D eigenvalue weighted by Crippen LogP contribution is -2.24. The highest BCUT2D eigenvalue weighted by Gasteiger charge is 2.40. The smallest absolute Gasteiger partial charge is 0.284 e. The van der Waals surface area contributed by atoms with Gasteiger partial charge in [-0.3, -0.25) is 9.48 Å². The Kier molecular flexibility index (Phi) is 2.63. The Hall–Kier alpha value is -1.33. The van der Waals surface area contributed by atoms with Crippen LogP contribution in [0.4, 0.5) is 13.2 Å². The molecule has 0 bridgehead atoms. The number of Topliss-reactive ketones (excluding diaryl/α,β-unsaturated/α-hetero) is 1. The van der Waals surface area contributed by atoms with Crippen LogP contribution in [0.15, 0.2) is 12.4 Å². The summed E-state index contributed by atoms with van der Waals surface area (Å²) in [5.74, 6) is -1.86. The van der Waals surface area contributed by atoms with Crippen molar-refractivity contribution >= 4 is 5.78 Å². The average molecular weight is 220 g/mol. The van der Waals surface area contributed by atoms with Crippen molar-refractivity contribution in [3.8, 4) is 0 Å². The molecule has 84 valence electrons. The van der Waals surface area contributed by atoms with Gasteiger partial charge in [0.25, 0.3) is 5.78 Å². The topological polar surface area (TPSA) is 34.9 Å². The monoisotopic (exact) mass is 220 g/mol. The van der Waals surface area contributed by atoms with Crippen molar-refractivity contribution in [2.24, 2.45) is 0 Å². The molecule has 0 atom stereocenters. The van der Waals surface area contributed by atoms with Gasteiger partial charge >= 0.3 is 6.18 Å². The van der Waals surface area contributed by atoms with Gasteiger partial charge in [0, 0.05) is 6.20 Å². The van der Waals surface area contributed by atoms with E-state index in [0.29, 0.717) is 0 Å². The van der Waals surface area contributed by atoms with Gasteiger partial charge in [0.05, 0.1) is 17.3 Å². The van der Waals surface area contributed by atoms with E-state index in [1.165, 1.54) is 4.68 Å². The van der Waals surface area contributed by atoms with Gasteiger partial charge in [0.2, 0.25) is 0 Å². The summed E-state index contributed by atoms with van der Waals surface area (Å²) in [7, 11) is 0. The molecule has 0 unspecified atom stereocenters. The van der Waals surface area contributed by atoms with Crippen molar-refractivity contribution < 1.29 is 18.0 Å². The zero-order valence-corrected chi connectivity index (χ0v) is 8.59. The molecule has 1 aromatic rings. The Morgan fingerprint density at radius 3 is 2.20 bits per heavy atom. The van der Waals surface area contributed by atoms with Crippen molar-refractivity contribution in [2.45, 2.75) is 32.5 Å². The highest BCUT2D eigenvalue weighted by atomic mass is 19.4. The number of aromatic nitrogens is 2. The van der Waals surface area contributed by atoms with Gasteiger partial charge in [-0.2, -0.15) is 18.3 Å². The van der Waals surface area contributed by atoms with Gasteiger partial charge in [-0.25, -0.2) is 0 Å².